The Labute approximate surface area is 163 Å². The summed E-state index contributed by atoms with van der Waals surface area (Å²) in [6.45, 7) is 6.05. The standard InChI is InChI=1S/C21H21N7/c1-14-15(2)23-21(17-9-11-22-12-10-17)25-20(14)24-16(3)19-13-28(27-26-19)18-7-5-4-6-8-18/h4-13,16H,1-3H3,(H,23,24,25). The Balaban J connectivity index is 1.60. The predicted octanol–water partition coefficient (Wildman–Crippen LogP) is 3.91. The molecule has 1 atom stereocenters. The summed E-state index contributed by atoms with van der Waals surface area (Å²) in [5.74, 6) is 1.47. The highest BCUT2D eigenvalue weighted by atomic mass is 15.4. The third kappa shape index (κ3) is 3.59. The molecular formula is C21H21N7. The third-order valence-corrected chi connectivity index (χ3v) is 4.66. The summed E-state index contributed by atoms with van der Waals surface area (Å²) in [5.41, 5.74) is 4.70. The maximum Gasteiger partial charge on any atom is 0.161 e. The van der Waals surface area contributed by atoms with Gasteiger partial charge in [-0.05, 0) is 45.0 Å². The van der Waals surface area contributed by atoms with Crippen LogP contribution in [0.5, 0.6) is 0 Å². The maximum atomic E-state index is 4.73. The van der Waals surface area contributed by atoms with Crippen LogP contribution in [0.1, 0.15) is 29.9 Å². The van der Waals surface area contributed by atoms with Crippen LogP contribution in [0.4, 0.5) is 5.82 Å². The Morgan fingerprint density at radius 2 is 1.71 bits per heavy atom. The lowest BCUT2D eigenvalue weighted by atomic mass is 10.2. The van der Waals surface area contributed by atoms with Crippen molar-refractivity contribution in [3.8, 4) is 17.1 Å². The van der Waals surface area contributed by atoms with Crippen molar-refractivity contribution in [3.05, 3.63) is 78.0 Å². The van der Waals surface area contributed by atoms with E-state index in [9.17, 15) is 0 Å². The molecule has 1 N–H and O–H groups in total. The number of para-hydroxylation sites is 1. The number of rotatable bonds is 5. The van der Waals surface area contributed by atoms with E-state index in [0.717, 1.165) is 34.0 Å². The van der Waals surface area contributed by atoms with Crippen molar-refractivity contribution in [2.75, 3.05) is 5.32 Å². The molecule has 0 saturated carbocycles. The Kier molecular flexibility index (Phi) is 4.80. The van der Waals surface area contributed by atoms with Crippen molar-refractivity contribution in [1.29, 1.82) is 0 Å². The quantitative estimate of drug-likeness (QED) is 0.573. The van der Waals surface area contributed by atoms with Crippen LogP contribution >= 0.6 is 0 Å². The maximum absolute atomic E-state index is 4.73. The number of hydrogen-bond donors (Lipinski definition) is 1. The lowest BCUT2D eigenvalue weighted by Crippen LogP contribution is -2.11. The van der Waals surface area contributed by atoms with Crippen LogP contribution in [0.2, 0.25) is 0 Å². The van der Waals surface area contributed by atoms with Gasteiger partial charge in [-0.2, -0.15) is 0 Å². The van der Waals surface area contributed by atoms with Gasteiger partial charge in [0.1, 0.15) is 11.5 Å². The van der Waals surface area contributed by atoms with E-state index in [4.69, 9.17) is 4.98 Å². The number of nitrogens with one attached hydrogen (secondary N) is 1. The fourth-order valence-corrected chi connectivity index (χ4v) is 2.86. The summed E-state index contributed by atoms with van der Waals surface area (Å²) >= 11 is 0. The summed E-state index contributed by atoms with van der Waals surface area (Å²) < 4.78 is 1.77. The van der Waals surface area contributed by atoms with E-state index in [0.29, 0.717) is 5.82 Å². The van der Waals surface area contributed by atoms with Gasteiger partial charge in [-0.3, -0.25) is 4.98 Å². The van der Waals surface area contributed by atoms with Gasteiger partial charge in [0.25, 0.3) is 0 Å². The summed E-state index contributed by atoms with van der Waals surface area (Å²) in [5, 5.41) is 12.0. The zero-order chi connectivity index (χ0) is 19.5. The van der Waals surface area contributed by atoms with Gasteiger partial charge in [0.05, 0.1) is 17.9 Å². The first kappa shape index (κ1) is 17.8. The first-order chi connectivity index (χ1) is 13.6. The van der Waals surface area contributed by atoms with E-state index >= 15 is 0 Å². The summed E-state index contributed by atoms with van der Waals surface area (Å²) in [7, 11) is 0. The minimum atomic E-state index is -0.0595. The number of aryl methyl sites for hydroxylation is 1. The number of hydrogen-bond acceptors (Lipinski definition) is 6. The van der Waals surface area contributed by atoms with Crippen molar-refractivity contribution in [2.45, 2.75) is 26.8 Å². The molecule has 0 aliphatic carbocycles. The fourth-order valence-electron chi connectivity index (χ4n) is 2.86. The van der Waals surface area contributed by atoms with Gasteiger partial charge in [-0.15, -0.1) is 5.10 Å². The molecule has 3 heterocycles. The van der Waals surface area contributed by atoms with Crippen molar-refractivity contribution in [2.24, 2.45) is 0 Å². The Hall–Kier alpha value is -3.61. The molecule has 0 saturated heterocycles. The average Bonchev–Trinajstić information content (AvgIpc) is 3.23. The van der Waals surface area contributed by atoms with E-state index in [-0.39, 0.29) is 6.04 Å². The van der Waals surface area contributed by atoms with Crippen LogP contribution in [-0.4, -0.2) is 29.9 Å². The second kappa shape index (κ2) is 7.56. The first-order valence-electron chi connectivity index (χ1n) is 9.11. The SMILES string of the molecule is Cc1nc(-c2ccncc2)nc(NC(C)c2cn(-c3ccccc3)nn2)c1C. The Bertz CT molecular complexity index is 1070. The van der Waals surface area contributed by atoms with Gasteiger partial charge in [0.2, 0.25) is 0 Å². The van der Waals surface area contributed by atoms with Gasteiger partial charge in [-0.1, -0.05) is 23.4 Å². The first-order valence-corrected chi connectivity index (χ1v) is 9.11. The summed E-state index contributed by atoms with van der Waals surface area (Å²) in [6.07, 6.45) is 5.41. The van der Waals surface area contributed by atoms with Gasteiger partial charge >= 0.3 is 0 Å². The van der Waals surface area contributed by atoms with Gasteiger partial charge in [-0.25, -0.2) is 14.6 Å². The van der Waals surface area contributed by atoms with E-state index in [2.05, 4.69) is 25.6 Å². The van der Waals surface area contributed by atoms with E-state index < -0.39 is 0 Å². The highest BCUT2D eigenvalue weighted by Crippen LogP contribution is 2.24. The minimum Gasteiger partial charge on any atom is -0.361 e. The molecule has 1 aromatic carbocycles. The molecular weight excluding hydrogens is 350 g/mol. The molecule has 0 bridgehead atoms. The molecule has 7 heteroatoms. The van der Waals surface area contributed by atoms with Crippen molar-refractivity contribution < 1.29 is 0 Å². The molecule has 4 aromatic rings. The van der Waals surface area contributed by atoms with E-state index in [1.807, 2.05) is 69.4 Å². The lowest BCUT2D eigenvalue weighted by molar-refractivity contribution is 0.778. The molecule has 0 fully saturated rings. The number of benzene rings is 1. The molecule has 0 amide bonds. The number of aromatic nitrogens is 6. The van der Waals surface area contributed by atoms with E-state index in [1.165, 1.54) is 0 Å². The van der Waals surface area contributed by atoms with Gasteiger partial charge in [0.15, 0.2) is 5.82 Å². The molecule has 0 aliphatic heterocycles. The molecule has 4 rings (SSSR count). The number of nitrogens with zero attached hydrogens (tertiary/aromatic N) is 6. The molecule has 3 aromatic heterocycles. The van der Waals surface area contributed by atoms with E-state index in [1.54, 1.807) is 17.1 Å². The highest BCUT2D eigenvalue weighted by Gasteiger charge is 2.15. The normalized spacial score (nSPS) is 12.0. The Morgan fingerprint density at radius 1 is 0.964 bits per heavy atom. The number of pyridine rings is 1. The van der Waals surface area contributed by atoms with Gasteiger partial charge in [0, 0.05) is 29.2 Å². The second-order valence-electron chi connectivity index (χ2n) is 6.63. The molecule has 28 heavy (non-hydrogen) atoms. The topological polar surface area (TPSA) is 81.4 Å². The van der Waals surface area contributed by atoms with Crippen molar-refractivity contribution >= 4 is 5.82 Å². The molecule has 0 spiro atoms. The van der Waals surface area contributed by atoms with Crippen LogP contribution in [-0.2, 0) is 0 Å². The fraction of sp³-hybridized carbons (Fsp3) is 0.190. The largest absolute Gasteiger partial charge is 0.361 e. The zero-order valence-electron chi connectivity index (χ0n) is 16.0. The van der Waals surface area contributed by atoms with Crippen LogP contribution in [0.25, 0.3) is 17.1 Å². The third-order valence-electron chi connectivity index (χ3n) is 4.66. The molecule has 7 nitrogen and oxygen atoms in total. The Morgan fingerprint density at radius 3 is 2.46 bits per heavy atom. The second-order valence-corrected chi connectivity index (χ2v) is 6.63. The van der Waals surface area contributed by atoms with Crippen LogP contribution in [0, 0.1) is 13.8 Å². The number of anilines is 1. The molecule has 0 radical (unpaired) electrons. The molecule has 0 aliphatic rings. The van der Waals surface area contributed by atoms with Crippen LogP contribution in [0.15, 0.2) is 61.1 Å². The van der Waals surface area contributed by atoms with Crippen molar-refractivity contribution in [1.82, 2.24) is 29.9 Å². The molecule has 1 unspecified atom stereocenters. The summed E-state index contributed by atoms with van der Waals surface area (Å²) in [4.78, 5) is 13.4. The minimum absolute atomic E-state index is 0.0595. The monoisotopic (exact) mass is 371 g/mol. The lowest BCUT2D eigenvalue weighted by Gasteiger charge is -2.16. The van der Waals surface area contributed by atoms with Crippen LogP contribution < -0.4 is 5.32 Å². The summed E-state index contributed by atoms with van der Waals surface area (Å²) in [6, 6.07) is 13.7. The van der Waals surface area contributed by atoms with Gasteiger partial charge < -0.3 is 5.32 Å². The van der Waals surface area contributed by atoms with Crippen molar-refractivity contribution in [3.63, 3.8) is 0 Å². The van der Waals surface area contributed by atoms with Crippen LogP contribution in [0.3, 0.4) is 0 Å². The smallest absolute Gasteiger partial charge is 0.161 e. The zero-order valence-corrected chi connectivity index (χ0v) is 16.0. The molecule has 140 valence electrons. The average molecular weight is 371 g/mol. The predicted molar refractivity (Wildman–Crippen MR) is 108 cm³/mol. The highest BCUT2D eigenvalue weighted by molar-refractivity contribution is 5.59.